The second kappa shape index (κ2) is 15.2. The first-order chi connectivity index (χ1) is 20.7. The maximum Gasteiger partial charge on any atom is 0.416 e. The maximum atomic E-state index is 13.8. The molecule has 0 bridgehead atoms. The van der Waals surface area contributed by atoms with E-state index in [1.807, 2.05) is 44.2 Å². The molecule has 0 aromatic heterocycles. The summed E-state index contributed by atoms with van der Waals surface area (Å²) in [5.74, 6) is -1.30. The van der Waals surface area contributed by atoms with E-state index < -0.39 is 39.5 Å². The molecular weight excluding hydrogens is 598 g/mol. The van der Waals surface area contributed by atoms with Crippen LogP contribution in [0.2, 0.25) is 0 Å². The molecule has 12 heteroatoms. The normalized spacial score (nSPS) is 13.2. The highest BCUT2D eigenvalue weighted by Crippen LogP contribution is 2.32. The highest BCUT2D eigenvalue weighted by atomic mass is 32.2. The minimum absolute atomic E-state index is 0.0199. The highest BCUT2D eigenvalue weighted by Gasteiger charge is 2.33. The van der Waals surface area contributed by atoms with Crippen LogP contribution in [0.25, 0.3) is 0 Å². The smallest absolute Gasteiger partial charge is 0.352 e. The molecule has 44 heavy (non-hydrogen) atoms. The van der Waals surface area contributed by atoms with Crippen LogP contribution < -0.4 is 9.62 Å². The number of amides is 2. The van der Waals surface area contributed by atoms with Gasteiger partial charge in [-0.1, -0.05) is 55.5 Å². The molecule has 3 aromatic carbocycles. The van der Waals surface area contributed by atoms with Crippen LogP contribution in [0.1, 0.15) is 49.8 Å². The molecule has 0 saturated heterocycles. The number of benzene rings is 3. The summed E-state index contributed by atoms with van der Waals surface area (Å²) in [6, 6.07) is 17.5. The van der Waals surface area contributed by atoms with Crippen LogP contribution in [0.4, 0.5) is 23.2 Å². The summed E-state index contributed by atoms with van der Waals surface area (Å²) in [6.45, 7) is 3.47. The number of anilines is 1. The molecule has 3 rings (SSSR count). The summed E-state index contributed by atoms with van der Waals surface area (Å²) in [6.07, 6.45) is -3.17. The van der Waals surface area contributed by atoms with E-state index in [1.165, 1.54) is 35.2 Å². The molecule has 0 aliphatic heterocycles. The minimum Gasteiger partial charge on any atom is -0.352 e. The van der Waals surface area contributed by atoms with E-state index in [4.69, 9.17) is 0 Å². The molecule has 238 valence electrons. The molecule has 0 fully saturated rings. The molecule has 0 radical (unpaired) electrons. The van der Waals surface area contributed by atoms with Crippen LogP contribution in [0.5, 0.6) is 0 Å². The van der Waals surface area contributed by atoms with Crippen molar-refractivity contribution in [3.8, 4) is 0 Å². The van der Waals surface area contributed by atoms with Gasteiger partial charge in [0.2, 0.25) is 21.8 Å². The number of halogens is 4. The van der Waals surface area contributed by atoms with Gasteiger partial charge in [0.15, 0.2) is 0 Å². The van der Waals surface area contributed by atoms with Crippen molar-refractivity contribution >= 4 is 27.5 Å². The van der Waals surface area contributed by atoms with Crippen LogP contribution in [-0.4, -0.2) is 50.0 Å². The van der Waals surface area contributed by atoms with Gasteiger partial charge in [0.1, 0.15) is 11.9 Å². The van der Waals surface area contributed by atoms with Gasteiger partial charge < -0.3 is 10.2 Å². The first-order valence-electron chi connectivity index (χ1n) is 14.2. The van der Waals surface area contributed by atoms with Crippen LogP contribution in [0.3, 0.4) is 0 Å². The number of alkyl halides is 3. The summed E-state index contributed by atoms with van der Waals surface area (Å²) in [5, 5.41) is 2.94. The average Bonchev–Trinajstić information content (AvgIpc) is 2.97. The SMILES string of the molecule is CC[C@@H](C)NC(=O)[C@H](Cc1ccccc1)N(Cc1ccc(F)cc1)C(=O)CCCN(c1cccc(C(F)(F)F)c1)S(C)(=O)=O. The molecule has 1 N–H and O–H groups in total. The van der Waals surface area contributed by atoms with Crippen LogP contribution in [0, 0.1) is 5.82 Å². The number of rotatable bonds is 14. The number of nitrogens with zero attached hydrogens (tertiary/aromatic N) is 2. The Balaban J connectivity index is 1.90. The van der Waals surface area contributed by atoms with Crippen molar-refractivity contribution in [1.82, 2.24) is 10.2 Å². The lowest BCUT2D eigenvalue weighted by molar-refractivity contribution is -0.141. The summed E-state index contributed by atoms with van der Waals surface area (Å²) in [4.78, 5) is 28.8. The van der Waals surface area contributed by atoms with E-state index in [-0.39, 0.29) is 50.0 Å². The maximum absolute atomic E-state index is 13.8. The monoisotopic (exact) mass is 635 g/mol. The largest absolute Gasteiger partial charge is 0.416 e. The number of hydrogen-bond acceptors (Lipinski definition) is 4. The molecule has 7 nitrogen and oxygen atoms in total. The molecule has 0 saturated carbocycles. The van der Waals surface area contributed by atoms with Crippen molar-refractivity contribution in [2.75, 3.05) is 17.1 Å². The van der Waals surface area contributed by atoms with Gasteiger partial charge in [-0.2, -0.15) is 13.2 Å². The van der Waals surface area contributed by atoms with Crippen molar-refractivity contribution in [3.63, 3.8) is 0 Å². The highest BCUT2D eigenvalue weighted by molar-refractivity contribution is 7.92. The van der Waals surface area contributed by atoms with E-state index in [0.29, 0.717) is 12.0 Å². The molecular formula is C32H37F4N3O4S. The van der Waals surface area contributed by atoms with Crippen molar-refractivity contribution in [2.45, 2.75) is 64.3 Å². The molecule has 0 heterocycles. The lowest BCUT2D eigenvalue weighted by Gasteiger charge is -2.32. The Morgan fingerprint density at radius 1 is 0.932 bits per heavy atom. The van der Waals surface area contributed by atoms with Crippen molar-refractivity contribution in [1.29, 1.82) is 0 Å². The van der Waals surface area contributed by atoms with Gasteiger partial charge >= 0.3 is 6.18 Å². The fourth-order valence-electron chi connectivity index (χ4n) is 4.62. The Morgan fingerprint density at radius 2 is 1.59 bits per heavy atom. The third kappa shape index (κ3) is 10.1. The van der Waals surface area contributed by atoms with Gasteiger partial charge in [0.25, 0.3) is 0 Å². The van der Waals surface area contributed by atoms with Gasteiger partial charge in [-0.15, -0.1) is 0 Å². The molecule has 0 unspecified atom stereocenters. The minimum atomic E-state index is -4.67. The lowest BCUT2D eigenvalue weighted by Crippen LogP contribution is -2.52. The van der Waals surface area contributed by atoms with Crippen LogP contribution in [0.15, 0.2) is 78.9 Å². The van der Waals surface area contributed by atoms with Crippen LogP contribution >= 0.6 is 0 Å². The molecule has 0 aliphatic carbocycles. The van der Waals surface area contributed by atoms with Crippen molar-refractivity contribution in [3.05, 3.63) is 101 Å². The van der Waals surface area contributed by atoms with Gasteiger partial charge in [0.05, 0.1) is 17.5 Å². The zero-order valence-corrected chi connectivity index (χ0v) is 25.7. The molecule has 0 aliphatic rings. The third-order valence-electron chi connectivity index (χ3n) is 7.15. The van der Waals surface area contributed by atoms with E-state index in [1.54, 1.807) is 0 Å². The first-order valence-corrected chi connectivity index (χ1v) is 16.1. The summed E-state index contributed by atoms with van der Waals surface area (Å²) in [5.41, 5.74) is 0.214. The molecule has 2 amide bonds. The Labute approximate surface area is 255 Å². The van der Waals surface area contributed by atoms with Gasteiger partial charge in [-0.05, 0) is 61.2 Å². The van der Waals surface area contributed by atoms with E-state index in [9.17, 15) is 35.6 Å². The van der Waals surface area contributed by atoms with Gasteiger partial charge in [-0.3, -0.25) is 13.9 Å². The summed E-state index contributed by atoms with van der Waals surface area (Å²) in [7, 11) is -4.00. The first kappa shape index (κ1) is 34.6. The fourth-order valence-corrected chi connectivity index (χ4v) is 5.58. The predicted octanol–water partition coefficient (Wildman–Crippen LogP) is 5.95. The number of hydrogen-bond donors (Lipinski definition) is 1. The number of nitrogens with one attached hydrogen (secondary N) is 1. The second-order valence-electron chi connectivity index (χ2n) is 10.7. The average molecular weight is 636 g/mol. The Morgan fingerprint density at radius 3 is 2.18 bits per heavy atom. The van der Waals surface area contributed by atoms with Crippen molar-refractivity contribution in [2.24, 2.45) is 0 Å². The van der Waals surface area contributed by atoms with E-state index >= 15 is 0 Å². The zero-order valence-electron chi connectivity index (χ0n) is 24.9. The number of sulfonamides is 1. The molecule has 2 atom stereocenters. The Kier molecular flexibility index (Phi) is 11.9. The zero-order chi connectivity index (χ0) is 32.5. The standard InChI is InChI=1S/C32H37F4N3O4S/c1-4-23(2)37-31(41)29(20-24-10-6-5-7-11-24)38(22-25-15-17-27(33)18-16-25)30(40)14-9-19-39(44(3,42)43)28-13-8-12-26(21-28)32(34,35)36/h5-8,10-13,15-18,21,23,29H,4,9,14,19-20,22H2,1-3H3,(H,37,41)/t23-,29+/m1/s1. The number of carbonyl (C=O) groups is 2. The predicted molar refractivity (Wildman–Crippen MR) is 162 cm³/mol. The Bertz CT molecular complexity index is 1500. The molecule has 3 aromatic rings. The fraction of sp³-hybridized carbons (Fsp3) is 0.375. The molecule has 0 spiro atoms. The van der Waals surface area contributed by atoms with Gasteiger partial charge in [0, 0.05) is 32.0 Å². The number of carbonyl (C=O) groups excluding carboxylic acids is 2. The topological polar surface area (TPSA) is 86.8 Å². The van der Waals surface area contributed by atoms with Gasteiger partial charge in [-0.25, -0.2) is 12.8 Å². The summed E-state index contributed by atoms with van der Waals surface area (Å²) >= 11 is 0. The summed E-state index contributed by atoms with van der Waals surface area (Å²) < 4.78 is 79.5. The quantitative estimate of drug-likeness (QED) is 0.222. The van der Waals surface area contributed by atoms with Crippen LogP contribution in [-0.2, 0) is 38.8 Å². The van der Waals surface area contributed by atoms with E-state index in [2.05, 4.69) is 5.32 Å². The second-order valence-corrected chi connectivity index (χ2v) is 12.6. The van der Waals surface area contributed by atoms with E-state index in [0.717, 1.165) is 34.3 Å². The lowest BCUT2D eigenvalue weighted by atomic mass is 10.0. The van der Waals surface area contributed by atoms with Crippen molar-refractivity contribution < 1.29 is 35.6 Å². The third-order valence-corrected chi connectivity index (χ3v) is 8.35. The Hall–Kier alpha value is -3.93.